The Morgan fingerprint density at radius 2 is 2.00 bits per heavy atom. The van der Waals surface area contributed by atoms with Gasteiger partial charge in [-0.3, -0.25) is 0 Å². The highest BCUT2D eigenvalue weighted by atomic mass is 16.3. The molecule has 0 aromatic carbocycles. The number of aromatic nitrogens is 2. The summed E-state index contributed by atoms with van der Waals surface area (Å²) < 4.78 is 2.46. The van der Waals surface area contributed by atoms with Gasteiger partial charge in [0, 0.05) is 31.1 Å². The van der Waals surface area contributed by atoms with Crippen LogP contribution in [0.25, 0.3) is 0 Å². The van der Waals surface area contributed by atoms with Gasteiger partial charge >= 0.3 is 0 Å². The third-order valence-electron chi connectivity index (χ3n) is 4.92. The number of hydrogen-bond donors (Lipinski definition) is 2. The lowest BCUT2D eigenvalue weighted by Crippen LogP contribution is -2.32. The van der Waals surface area contributed by atoms with Crippen LogP contribution in [0.3, 0.4) is 0 Å². The van der Waals surface area contributed by atoms with E-state index in [-0.39, 0.29) is 6.10 Å². The molecule has 1 aromatic heterocycles. The van der Waals surface area contributed by atoms with Crippen molar-refractivity contribution < 1.29 is 5.11 Å². The van der Waals surface area contributed by atoms with Crippen LogP contribution in [-0.2, 0) is 13.0 Å². The molecule has 2 unspecified atom stereocenters. The number of aliphatic hydroxyl groups is 1. The van der Waals surface area contributed by atoms with Gasteiger partial charge in [0.2, 0.25) is 0 Å². The van der Waals surface area contributed by atoms with Gasteiger partial charge in [-0.2, -0.15) is 0 Å². The summed E-state index contributed by atoms with van der Waals surface area (Å²) >= 11 is 0. The smallest absolute Gasteiger partial charge is 0.112 e. The van der Waals surface area contributed by atoms with Gasteiger partial charge in [-0.05, 0) is 25.7 Å². The van der Waals surface area contributed by atoms with E-state index in [1.165, 1.54) is 42.9 Å². The molecule has 0 bridgehead atoms. The van der Waals surface area contributed by atoms with Crippen LogP contribution in [0.15, 0.2) is 0 Å². The molecule has 1 aliphatic heterocycles. The Morgan fingerprint density at radius 3 is 2.79 bits per heavy atom. The summed E-state index contributed by atoms with van der Waals surface area (Å²) in [6, 6.07) is 0.290. The number of nitrogens with zero attached hydrogens (tertiary/aromatic N) is 2. The summed E-state index contributed by atoms with van der Waals surface area (Å²) in [5.41, 5.74) is 2.65. The first kappa shape index (κ1) is 11.9. The molecule has 2 fully saturated rings. The van der Waals surface area contributed by atoms with E-state index >= 15 is 0 Å². The van der Waals surface area contributed by atoms with Gasteiger partial charge in [-0.1, -0.05) is 12.8 Å². The monoisotopic (exact) mass is 261 g/mol. The zero-order chi connectivity index (χ0) is 12.8. The first-order chi connectivity index (χ1) is 9.34. The van der Waals surface area contributed by atoms with Crippen molar-refractivity contribution in [2.24, 2.45) is 0 Å². The Kier molecular flexibility index (Phi) is 2.88. The van der Waals surface area contributed by atoms with Gasteiger partial charge < -0.3 is 15.0 Å². The first-order valence-electron chi connectivity index (χ1n) is 7.83. The zero-order valence-electron chi connectivity index (χ0n) is 11.4. The maximum Gasteiger partial charge on any atom is 0.112 e. The number of fused-ring (bicyclic) bond motifs is 1. The van der Waals surface area contributed by atoms with Crippen LogP contribution < -0.4 is 5.32 Å². The second-order valence-electron chi connectivity index (χ2n) is 6.35. The van der Waals surface area contributed by atoms with Gasteiger partial charge in [-0.15, -0.1) is 0 Å². The number of rotatable bonds is 2. The van der Waals surface area contributed by atoms with Gasteiger partial charge in [0.25, 0.3) is 0 Å². The van der Waals surface area contributed by atoms with Crippen LogP contribution in [0.2, 0.25) is 0 Å². The maximum absolute atomic E-state index is 10.4. The van der Waals surface area contributed by atoms with Crippen LogP contribution in [0, 0.1) is 0 Å². The number of nitrogens with one attached hydrogen (secondary N) is 1. The molecule has 2 N–H and O–H groups in total. The Balaban J connectivity index is 1.77. The Labute approximate surface area is 114 Å². The molecular weight excluding hydrogens is 238 g/mol. The van der Waals surface area contributed by atoms with Crippen LogP contribution in [0.5, 0.6) is 0 Å². The molecule has 0 radical (unpaired) electrons. The highest BCUT2D eigenvalue weighted by Crippen LogP contribution is 2.43. The Hall–Kier alpha value is -0.870. The van der Waals surface area contributed by atoms with Gasteiger partial charge in [0.1, 0.15) is 5.82 Å². The third kappa shape index (κ3) is 2.01. The fourth-order valence-electron chi connectivity index (χ4n) is 3.75. The van der Waals surface area contributed by atoms with E-state index < -0.39 is 0 Å². The van der Waals surface area contributed by atoms with E-state index in [4.69, 9.17) is 4.98 Å². The number of aliphatic hydroxyl groups excluding tert-OH is 1. The molecule has 4 heteroatoms. The number of imidazole rings is 1. The van der Waals surface area contributed by atoms with Crippen LogP contribution in [0.4, 0.5) is 0 Å². The normalized spacial score (nSPS) is 31.2. The molecule has 1 aromatic rings. The Bertz CT molecular complexity index is 478. The average molecular weight is 261 g/mol. The molecule has 0 saturated heterocycles. The summed E-state index contributed by atoms with van der Waals surface area (Å²) in [5.74, 6) is 1.94. The van der Waals surface area contributed by atoms with E-state index in [2.05, 4.69) is 9.88 Å². The van der Waals surface area contributed by atoms with E-state index in [1.54, 1.807) is 0 Å². The van der Waals surface area contributed by atoms with Crippen LogP contribution >= 0.6 is 0 Å². The molecule has 2 atom stereocenters. The molecule has 4 rings (SSSR count). The number of hydrogen-bond acceptors (Lipinski definition) is 3. The molecule has 2 heterocycles. The van der Waals surface area contributed by atoms with Crippen molar-refractivity contribution in [2.75, 3.05) is 6.54 Å². The van der Waals surface area contributed by atoms with Crippen LogP contribution in [-0.4, -0.2) is 27.3 Å². The zero-order valence-corrected chi connectivity index (χ0v) is 11.4. The largest absolute Gasteiger partial charge is 0.391 e. The molecule has 2 aliphatic carbocycles. The highest BCUT2D eigenvalue weighted by molar-refractivity contribution is 5.25. The van der Waals surface area contributed by atoms with E-state index in [9.17, 15) is 5.11 Å². The Morgan fingerprint density at radius 1 is 1.16 bits per heavy atom. The quantitative estimate of drug-likeness (QED) is 0.854. The minimum atomic E-state index is -0.167. The van der Waals surface area contributed by atoms with Gasteiger partial charge in [0.05, 0.1) is 17.8 Å². The van der Waals surface area contributed by atoms with Gasteiger partial charge in [-0.25, -0.2) is 4.98 Å². The maximum atomic E-state index is 10.4. The fraction of sp³-hybridized carbons (Fsp3) is 0.800. The third-order valence-corrected chi connectivity index (χ3v) is 4.92. The second kappa shape index (κ2) is 4.60. The fourth-order valence-corrected chi connectivity index (χ4v) is 3.75. The summed E-state index contributed by atoms with van der Waals surface area (Å²) in [6.07, 6.45) is 7.97. The molecule has 104 valence electrons. The van der Waals surface area contributed by atoms with Crippen molar-refractivity contribution in [3.63, 3.8) is 0 Å². The molecule has 0 amide bonds. The summed E-state index contributed by atoms with van der Waals surface area (Å²) in [6.45, 7) is 1.95. The molecule has 4 nitrogen and oxygen atoms in total. The van der Waals surface area contributed by atoms with E-state index in [0.717, 1.165) is 32.4 Å². The summed E-state index contributed by atoms with van der Waals surface area (Å²) in [5, 5.41) is 13.8. The van der Waals surface area contributed by atoms with Gasteiger partial charge in [0.15, 0.2) is 0 Å². The first-order valence-corrected chi connectivity index (χ1v) is 7.83. The van der Waals surface area contributed by atoms with E-state index in [1.807, 2.05) is 0 Å². The topological polar surface area (TPSA) is 50.1 Å². The highest BCUT2D eigenvalue weighted by Gasteiger charge is 2.36. The van der Waals surface area contributed by atoms with Crippen molar-refractivity contribution in [1.29, 1.82) is 0 Å². The predicted octanol–water partition coefficient (Wildman–Crippen LogP) is 1.88. The van der Waals surface area contributed by atoms with Crippen molar-refractivity contribution in [3.8, 4) is 0 Å². The predicted molar refractivity (Wildman–Crippen MR) is 73.1 cm³/mol. The van der Waals surface area contributed by atoms with Crippen molar-refractivity contribution >= 4 is 0 Å². The minimum Gasteiger partial charge on any atom is -0.391 e. The minimum absolute atomic E-state index is 0.167. The standard InChI is InChI=1S/C15H23N3O/c19-14-4-2-1-3-13(14)18-12-7-8-16-9-11(12)17-15(18)10-5-6-10/h10,13-14,16,19H,1-9H2. The molecule has 2 saturated carbocycles. The molecule has 0 spiro atoms. The molecular formula is C15H23N3O. The SMILES string of the molecule is OC1CCCCC1n1c(C2CC2)nc2c1CCNC2. The summed E-state index contributed by atoms with van der Waals surface area (Å²) in [4.78, 5) is 4.91. The summed E-state index contributed by atoms with van der Waals surface area (Å²) in [7, 11) is 0. The van der Waals surface area contributed by atoms with Crippen molar-refractivity contribution in [1.82, 2.24) is 14.9 Å². The van der Waals surface area contributed by atoms with E-state index in [0.29, 0.717) is 12.0 Å². The lowest BCUT2D eigenvalue weighted by atomic mass is 9.91. The average Bonchev–Trinajstić information content (AvgIpc) is 3.21. The van der Waals surface area contributed by atoms with Crippen molar-refractivity contribution in [2.45, 2.75) is 69.6 Å². The molecule has 3 aliphatic rings. The second-order valence-corrected chi connectivity index (χ2v) is 6.35. The molecule has 19 heavy (non-hydrogen) atoms. The lowest BCUT2D eigenvalue weighted by molar-refractivity contribution is 0.0725. The van der Waals surface area contributed by atoms with Crippen LogP contribution in [0.1, 0.15) is 67.7 Å². The van der Waals surface area contributed by atoms with Crippen molar-refractivity contribution in [3.05, 3.63) is 17.2 Å². The lowest BCUT2D eigenvalue weighted by Gasteiger charge is -2.32.